The lowest BCUT2D eigenvalue weighted by atomic mass is 9.64. The van der Waals surface area contributed by atoms with Gasteiger partial charge < -0.3 is 0 Å². The van der Waals surface area contributed by atoms with Crippen LogP contribution in [0.2, 0.25) is 0 Å². The van der Waals surface area contributed by atoms with Crippen LogP contribution in [0, 0.1) is 11.3 Å². The maximum atomic E-state index is 12.5. The Labute approximate surface area is 107 Å². The Morgan fingerprint density at radius 2 is 1.94 bits per heavy atom. The zero-order chi connectivity index (χ0) is 12.8. The second-order valence-electron chi connectivity index (χ2n) is 5.88. The van der Waals surface area contributed by atoms with Gasteiger partial charge in [-0.1, -0.05) is 44.0 Å². The SMILES string of the molecule is CC12CCCCC1Cc1ccccc1C(=O)C2=O. The molecule has 2 nitrogen and oxygen atoms in total. The molecule has 2 unspecified atom stereocenters. The lowest BCUT2D eigenvalue weighted by Crippen LogP contribution is -2.41. The smallest absolute Gasteiger partial charge is 0.229 e. The summed E-state index contributed by atoms with van der Waals surface area (Å²) in [5.41, 5.74) is 1.28. The van der Waals surface area contributed by atoms with E-state index in [-0.39, 0.29) is 11.6 Å². The summed E-state index contributed by atoms with van der Waals surface area (Å²) in [5.74, 6) is -0.0824. The molecule has 2 aliphatic carbocycles. The van der Waals surface area contributed by atoms with Gasteiger partial charge in [0.25, 0.3) is 0 Å². The molecular weight excluding hydrogens is 224 g/mol. The van der Waals surface area contributed by atoms with Gasteiger partial charge in [-0.15, -0.1) is 0 Å². The first-order valence-corrected chi connectivity index (χ1v) is 6.80. The van der Waals surface area contributed by atoms with Crippen molar-refractivity contribution in [3.05, 3.63) is 35.4 Å². The van der Waals surface area contributed by atoms with E-state index in [1.807, 2.05) is 25.1 Å². The van der Waals surface area contributed by atoms with E-state index < -0.39 is 5.41 Å². The minimum atomic E-state index is -0.422. The molecule has 2 atom stereocenters. The maximum absolute atomic E-state index is 12.5. The second-order valence-corrected chi connectivity index (χ2v) is 5.88. The largest absolute Gasteiger partial charge is 0.290 e. The molecule has 0 aliphatic heterocycles. The van der Waals surface area contributed by atoms with Crippen molar-refractivity contribution in [2.45, 2.75) is 39.0 Å². The molecule has 2 aliphatic rings. The Hall–Kier alpha value is -1.44. The number of hydrogen-bond acceptors (Lipinski definition) is 2. The van der Waals surface area contributed by atoms with E-state index in [0.717, 1.165) is 31.2 Å². The lowest BCUT2D eigenvalue weighted by Gasteiger charge is -2.38. The number of rotatable bonds is 0. The highest BCUT2D eigenvalue weighted by atomic mass is 16.2. The average Bonchev–Trinajstić information content (AvgIpc) is 2.47. The summed E-state index contributed by atoms with van der Waals surface area (Å²) in [7, 11) is 0. The van der Waals surface area contributed by atoms with E-state index in [2.05, 4.69) is 0 Å². The molecule has 94 valence electrons. The highest BCUT2D eigenvalue weighted by Crippen LogP contribution is 2.46. The predicted molar refractivity (Wildman–Crippen MR) is 69.5 cm³/mol. The van der Waals surface area contributed by atoms with Crippen LogP contribution in [0.3, 0.4) is 0 Å². The summed E-state index contributed by atoms with van der Waals surface area (Å²) in [6.07, 6.45) is 5.08. The van der Waals surface area contributed by atoms with Crippen molar-refractivity contribution in [3.8, 4) is 0 Å². The van der Waals surface area contributed by atoms with Crippen molar-refractivity contribution >= 4 is 11.6 Å². The number of benzene rings is 1. The van der Waals surface area contributed by atoms with E-state index in [1.54, 1.807) is 6.07 Å². The Morgan fingerprint density at radius 1 is 1.17 bits per heavy atom. The fourth-order valence-electron chi connectivity index (χ4n) is 3.60. The molecule has 2 heteroatoms. The van der Waals surface area contributed by atoms with E-state index in [1.165, 1.54) is 6.42 Å². The predicted octanol–water partition coefficient (Wildman–Crippen LogP) is 3.19. The van der Waals surface area contributed by atoms with Gasteiger partial charge in [-0.25, -0.2) is 0 Å². The van der Waals surface area contributed by atoms with Crippen LogP contribution in [0.25, 0.3) is 0 Å². The van der Waals surface area contributed by atoms with Gasteiger partial charge in [0.2, 0.25) is 11.6 Å². The van der Waals surface area contributed by atoms with Gasteiger partial charge in [0.05, 0.1) is 0 Å². The molecule has 0 saturated heterocycles. The first-order chi connectivity index (χ1) is 8.63. The summed E-state index contributed by atoms with van der Waals surface area (Å²) in [5, 5.41) is 0. The van der Waals surface area contributed by atoms with Crippen LogP contribution in [0.1, 0.15) is 48.5 Å². The van der Waals surface area contributed by atoms with Crippen LogP contribution in [-0.2, 0) is 11.2 Å². The van der Waals surface area contributed by atoms with E-state index in [4.69, 9.17) is 0 Å². The van der Waals surface area contributed by atoms with Crippen molar-refractivity contribution in [1.82, 2.24) is 0 Å². The van der Waals surface area contributed by atoms with Gasteiger partial charge >= 0.3 is 0 Å². The van der Waals surface area contributed by atoms with Crippen LogP contribution in [0.15, 0.2) is 24.3 Å². The van der Waals surface area contributed by atoms with Crippen molar-refractivity contribution in [3.63, 3.8) is 0 Å². The fraction of sp³-hybridized carbons (Fsp3) is 0.500. The molecule has 1 fully saturated rings. The number of carbonyl (C=O) groups is 2. The molecule has 0 aromatic heterocycles. The molecule has 0 spiro atoms. The normalized spacial score (nSPS) is 31.5. The highest BCUT2D eigenvalue weighted by molar-refractivity contribution is 6.45. The fourth-order valence-corrected chi connectivity index (χ4v) is 3.60. The monoisotopic (exact) mass is 242 g/mol. The number of fused-ring (bicyclic) bond motifs is 2. The molecule has 0 heterocycles. The van der Waals surface area contributed by atoms with Crippen LogP contribution in [0.5, 0.6) is 0 Å². The molecule has 1 saturated carbocycles. The Kier molecular flexibility index (Phi) is 2.61. The van der Waals surface area contributed by atoms with Crippen LogP contribution >= 0.6 is 0 Å². The molecule has 0 N–H and O–H groups in total. The van der Waals surface area contributed by atoms with Crippen molar-refractivity contribution in [1.29, 1.82) is 0 Å². The summed E-state index contributed by atoms with van der Waals surface area (Å²) in [6, 6.07) is 7.61. The standard InChI is InChI=1S/C16H18O2/c1-16-9-5-4-7-12(16)10-11-6-2-3-8-13(11)14(17)15(16)18/h2-3,6,8,12H,4-5,7,9-10H2,1H3. The third-order valence-corrected chi connectivity index (χ3v) is 4.85. The molecule has 1 aromatic rings. The summed E-state index contributed by atoms with van der Waals surface area (Å²) in [6.45, 7) is 2.00. The molecule has 0 radical (unpaired) electrons. The minimum Gasteiger partial charge on any atom is -0.290 e. The number of Topliss-reactive ketones (excluding diaryl/α,β-unsaturated/α-hetero) is 2. The molecule has 0 bridgehead atoms. The third-order valence-electron chi connectivity index (χ3n) is 4.85. The van der Waals surface area contributed by atoms with Crippen LogP contribution in [-0.4, -0.2) is 11.6 Å². The maximum Gasteiger partial charge on any atom is 0.229 e. The van der Waals surface area contributed by atoms with Gasteiger partial charge in [0.15, 0.2) is 0 Å². The third kappa shape index (κ3) is 1.55. The Balaban J connectivity index is 2.12. The Morgan fingerprint density at radius 3 is 2.78 bits per heavy atom. The van der Waals surface area contributed by atoms with Crippen molar-refractivity contribution < 1.29 is 9.59 Å². The van der Waals surface area contributed by atoms with Crippen molar-refractivity contribution in [2.75, 3.05) is 0 Å². The zero-order valence-electron chi connectivity index (χ0n) is 10.7. The highest BCUT2D eigenvalue weighted by Gasteiger charge is 2.47. The molecule has 0 amide bonds. The van der Waals surface area contributed by atoms with Gasteiger partial charge in [-0.3, -0.25) is 9.59 Å². The summed E-state index contributed by atoms with van der Waals surface area (Å²) >= 11 is 0. The van der Waals surface area contributed by atoms with Crippen molar-refractivity contribution in [2.24, 2.45) is 11.3 Å². The zero-order valence-corrected chi connectivity index (χ0v) is 10.7. The summed E-state index contributed by atoms with van der Waals surface area (Å²) in [4.78, 5) is 24.9. The molecule has 18 heavy (non-hydrogen) atoms. The number of ketones is 2. The molecule has 1 aromatic carbocycles. The second kappa shape index (κ2) is 4.04. The van der Waals surface area contributed by atoms with Crippen LogP contribution < -0.4 is 0 Å². The lowest BCUT2D eigenvalue weighted by molar-refractivity contribution is -0.127. The van der Waals surface area contributed by atoms with Gasteiger partial charge in [-0.2, -0.15) is 0 Å². The number of carbonyl (C=O) groups excluding carboxylic acids is 2. The minimum absolute atomic E-state index is 0.155. The Bertz CT molecular complexity index is 518. The van der Waals surface area contributed by atoms with E-state index in [9.17, 15) is 9.59 Å². The van der Waals surface area contributed by atoms with E-state index >= 15 is 0 Å². The average molecular weight is 242 g/mol. The van der Waals surface area contributed by atoms with Gasteiger partial charge in [0.1, 0.15) is 0 Å². The quantitative estimate of drug-likeness (QED) is 0.655. The summed E-state index contributed by atoms with van der Waals surface area (Å²) < 4.78 is 0. The molecule has 3 rings (SSSR count). The first kappa shape index (κ1) is 11.6. The molecular formula is C16H18O2. The topological polar surface area (TPSA) is 34.1 Å². The van der Waals surface area contributed by atoms with Crippen LogP contribution in [0.4, 0.5) is 0 Å². The van der Waals surface area contributed by atoms with Gasteiger partial charge in [0, 0.05) is 11.0 Å². The van der Waals surface area contributed by atoms with E-state index in [0.29, 0.717) is 11.5 Å². The number of hydrogen-bond donors (Lipinski definition) is 0. The van der Waals surface area contributed by atoms with Gasteiger partial charge in [-0.05, 0) is 30.7 Å². The first-order valence-electron chi connectivity index (χ1n) is 6.80.